The van der Waals surface area contributed by atoms with E-state index in [0.717, 1.165) is 18.2 Å². The molecule has 2 atom stereocenters. The van der Waals surface area contributed by atoms with Crippen LogP contribution in [0.25, 0.3) is 0 Å². The zero-order valence-corrected chi connectivity index (χ0v) is 15.4. The minimum absolute atomic E-state index is 0.147. The maximum atomic E-state index is 14.5. The quantitative estimate of drug-likeness (QED) is 0.781. The molecule has 0 aliphatic carbocycles. The van der Waals surface area contributed by atoms with E-state index < -0.39 is 50.0 Å². The van der Waals surface area contributed by atoms with Crippen LogP contribution in [0.15, 0.2) is 53.9 Å². The van der Waals surface area contributed by atoms with Crippen LogP contribution in [0.1, 0.15) is 10.8 Å². The van der Waals surface area contributed by atoms with Crippen molar-refractivity contribution in [2.45, 2.75) is 16.2 Å². The number of ether oxygens (including phenoxy) is 1. The molecular formula is C18H14ClF2NO4S. The number of benzene rings is 2. The number of amides is 1. The topological polar surface area (TPSA) is 72.5 Å². The van der Waals surface area contributed by atoms with Gasteiger partial charge in [-0.1, -0.05) is 18.2 Å². The maximum absolute atomic E-state index is 14.5. The van der Waals surface area contributed by atoms with Gasteiger partial charge in [0.1, 0.15) is 17.7 Å². The predicted molar refractivity (Wildman–Crippen MR) is 95.4 cm³/mol. The van der Waals surface area contributed by atoms with Gasteiger partial charge in [0, 0.05) is 5.02 Å². The van der Waals surface area contributed by atoms with Gasteiger partial charge in [0.15, 0.2) is 21.4 Å². The summed E-state index contributed by atoms with van der Waals surface area (Å²) >= 11 is 5.80. The molecule has 0 spiro atoms. The molecule has 1 aliphatic rings. The Morgan fingerprint density at radius 2 is 1.81 bits per heavy atom. The van der Waals surface area contributed by atoms with Crippen LogP contribution in [0.5, 0.6) is 5.75 Å². The van der Waals surface area contributed by atoms with E-state index in [1.807, 2.05) is 0 Å². The average Bonchev–Trinajstić information content (AvgIpc) is 2.64. The summed E-state index contributed by atoms with van der Waals surface area (Å²) in [6.07, 6.45) is 0.948. The third-order valence-electron chi connectivity index (χ3n) is 4.14. The molecule has 0 radical (unpaired) electrons. The molecule has 0 bridgehead atoms. The first kappa shape index (κ1) is 19.3. The zero-order chi connectivity index (χ0) is 19.8. The first-order valence-corrected chi connectivity index (χ1v) is 9.71. The number of nitrogens with one attached hydrogen (secondary N) is 1. The van der Waals surface area contributed by atoms with E-state index >= 15 is 0 Å². The summed E-state index contributed by atoms with van der Waals surface area (Å²) in [5.74, 6) is -3.00. The van der Waals surface area contributed by atoms with Crippen molar-refractivity contribution in [3.05, 3.63) is 71.3 Å². The first-order chi connectivity index (χ1) is 12.8. The Balaban J connectivity index is 2.20. The molecule has 1 amide bonds. The van der Waals surface area contributed by atoms with Gasteiger partial charge in [0.2, 0.25) is 5.91 Å². The molecule has 1 heterocycles. The molecule has 2 aromatic carbocycles. The molecule has 1 aliphatic heterocycles. The number of carbonyl (C=O) groups excluding carboxylic acids is 1. The Morgan fingerprint density at radius 1 is 1.19 bits per heavy atom. The van der Waals surface area contributed by atoms with E-state index in [1.165, 1.54) is 24.3 Å². The minimum Gasteiger partial charge on any atom is -0.488 e. The maximum Gasteiger partial charge on any atom is 0.243 e. The molecule has 0 unspecified atom stereocenters. The molecule has 3 rings (SSSR count). The number of hydrogen-bond acceptors (Lipinski definition) is 4. The lowest BCUT2D eigenvalue weighted by atomic mass is 10.0. The summed E-state index contributed by atoms with van der Waals surface area (Å²) in [6.45, 7) is 2.95. The summed E-state index contributed by atoms with van der Waals surface area (Å²) in [4.78, 5) is 11.6. The smallest absolute Gasteiger partial charge is 0.243 e. The highest BCUT2D eigenvalue weighted by Crippen LogP contribution is 2.43. The van der Waals surface area contributed by atoms with Gasteiger partial charge < -0.3 is 10.1 Å². The Bertz CT molecular complexity index is 1010. The zero-order valence-electron chi connectivity index (χ0n) is 13.8. The second-order valence-corrected chi connectivity index (χ2v) is 8.33. The van der Waals surface area contributed by atoms with Crippen molar-refractivity contribution in [3.8, 4) is 5.75 Å². The van der Waals surface area contributed by atoms with Crippen molar-refractivity contribution in [1.29, 1.82) is 0 Å². The molecule has 0 saturated carbocycles. The van der Waals surface area contributed by atoms with Crippen molar-refractivity contribution in [3.63, 3.8) is 0 Å². The third-order valence-corrected chi connectivity index (χ3v) is 6.56. The molecule has 0 fully saturated rings. The van der Waals surface area contributed by atoms with Crippen molar-refractivity contribution in [2.24, 2.45) is 0 Å². The number of fused-ring (bicyclic) bond motifs is 1. The predicted octanol–water partition coefficient (Wildman–Crippen LogP) is 3.20. The number of carbonyl (C=O) groups is 1. The third kappa shape index (κ3) is 3.54. The van der Waals surface area contributed by atoms with Gasteiger partial charge in [-0.05, 0) is 42.5 Å². The first-order valence-electron chi connectivity index (χ1n) is 7.78. The van der Waals surface area contributed by atoms with Crippen molar-refractivity contribution in [2.75, 3.05) is 6.61 Å². The Kier molecular flexibility index (Phi) is 5.21. The van der Waals surface area contributed by atoms with E-state index in [-0.39, 0.29) is 11.5 Å². The molecule has 142 valence electrons. The molecular weight excluding hydrogens is 400 g/mol. The molecule has 0 aromatic heterocycles. The largest absolute Gasteiger partial charge is 0.488 e. The lowest BCUT2D eigenvalue weighted by Gasteiger charge is -2.33. The fourth-order valence-electron chi connectivity index (χ4n) is 2.92. The van der Waals surface area contributed by atoms with Gasteiger partial charge in [-0.15, -0.1) is 0 Å². The van der Waals surface area contributed by atoms with Crippen LogP contribution in [-0.2, 0) is 14.6 Å². The number of sulfone groups is 1. The highest BCUT2D eigenvalue weighted by Gasteiger charge is 2.44. The second kappa shape index (κ2) is 7.28. The van der Waals surface area contributed by atoms with Crippen molar-refractivity contribution >= 4 is 27.3 Å². The highest BCUT2D eigenvalue weighted by molar-refractivity contribution is 7.91. The van der Waals surface area contributed by atoms with Gasteiger partial charge in [-0.2, -0.15) is 0 Å². The van der Waals surface area contributed by atoms with Gasteiger partial charge >= 0.3 is 0 Å². The summed E-state index contributed by atoms with van der Waals surface area (Å²) in [6, 6.07) is 5.77. The fraction of sp³-hybridized carbons (Fsp3) is 0.167. The van der Waals surface area contributed by atoms with Crippen LogP contribution >= 0.6 is 11.6 Å². The van der Waals surface area contributed by atoms with Crippen LogP contribution in [0.4, 0.5) is 8.78 Å². The van der Waals surface area contributed by atoms with Crippen LogP contribution in [0, 0.1) is 11.6 Å². The standard InChI is InChI=1S/C18H14ClF2NO4S/c1-2-15(23)22-14-9-26-17-13(21)8-7-12(20)16(17)18(14)27(24,25)11-5-3-10(19)4-6-11/h2-8,14,18H,1,9H2,(H,22,23)/t14-,18+/m0/s1. The fourth-order valence-corrected chi connectivity index (χ4v) is 4.97. The molecule has 1 N–H and O–H groups in total. The van der Waals surface area contributed by atoms with Crippen molar-refractivity contribution < 1.29 is 26.7 Å². The van der Waals surface area contributed by atoms with E-state index in [1.54, 1.807) is 0 Å². The molecule has 5 nitrogen and oxygen atoms in total. The number of hydrogen-bond donors (Lipinski definition) is 1. The number of rotatable bonds is 4. The van der Waals surface area contributed by atoms with Gasteiger partial charge in [0.25, 0.3) is 0 Å². The van der Waals surface area contributed by atoms with Crippen LogP contribution in [-0.4, -0.2) is 27.0 Å². The van der Waals surface area contributed by atoms with E-state index in [0.29, 0.717) is 5.02 Å². The summed E-state index contributed by atoms with van der Waals surface area (Å²) < 4.78 is 60.4. The van der Waals surface area contributed by atoms with E-state index in [4.69, 9.17) is 16.3 Å². The van der Waals surface area contributed by atoms with Crippen molar-refractivity contribution in [1.82, 2.24) is 5.32 Å². The van der Waals surface area contributed by atoms with Crippen LogP contribution in [0.3, 0.4) is 0 Å². The Labute approximate surface area is 159 Å². The van der Waals surface area contributed by atoms with Gasteiger partial charge in [-0.25, -0.2) is 17.2 Å². The van der Waals surface area contributed by atoms with Crippen LogP contribution in [0.2, 0.25) is 5.02 Å². The SMILES string of the molecule is C=CC(=O)N[C@H]1COc2c(F)ccc(F)c2[C@@H]1S(=O)(=O)c1ccc(Cl)cc1. The number of halogens is 3. The molecule has 0 saturated heterocycles. The second-order valence-electron chi connectivity index (χ2n) is 5.82. The van der Waals surface area contributed by atoms with Crippen LogP contribution < -0.4 is 10.1 Å². The van der Waals surface area contributed by atoms with E-state index in [2.05, 4.69) is 11.9 Å². The summed E-state index contributed by atoms with van der Waals surface area (Å²) in [7, 11) is -4.23. The monoisotopic (exact) mass is 413 g/mol. The Hall–Kier alpha value is -2.45. The highest BCUT2D eigenvalue weighted by atomic mass is 35.5. The summed E-state index contributed by atoms with van der Waals surface area (Å²) in [5, 5.41) is 1.14. The lowest BCUT2D eigenvalue weighted by Crippen LogP contribution is -2.48. The molecule has 2 aromatic rings. The average molecular weight is 414 g/mol. The molecule has 9 heteroatoms. The Morgan fingerprint density at radius 3 is 2.44 bits per heavy atom. The molecule has 27 heavy (non-hydrogen) atoms. The van der Waals surface area contributed by atoms with E-state index in [9.17, 15) is 22.0 Å². The van der Waals surface area contributed by atoms with Gasteiger partial charge in [0.05, 0.1) is 16.5 Å². The summed E-state index contributed by atoms with van der Waals surface area (Å²) in [5.41, 5.74) is -0.467. The van der Waals surface area contributed by atoms with Gasteiger partial charge in [-0.3, -0.25) is 4.79 Å². The minimum atomic E-state index is -4.23. The normalized spacial score (nSPS) is 18.9. The lowest BCUT2D eigenvalue weighted by molar-refractivity contribution is -0.117.